The Balaban J connectivity index is 3.03. The largest absolute Gasteiger partial charge is 0.370 e. The van der Waals surface area contributed by atoms with Gasteiger partial charge < -0.3 is 10.5 Å². The lowest BCUT2D eigenvalue weighted by molar-refractivity contribution is 0.0229. The Morgan fingerprint density at radius 1 is 1.38 bits per heavy atom. The van der Waals surface area contributed by atoms with Gasteiger partial charge in [-0.1, -0.05) is 13.8 Å². The Morgan fingerprint density at radius 3 is 2.56 bits per heavy atom. The fraction of sp³-hybridized carbons (Fsp3) is 0.667. The van der Waals surface area contributed by atoms with Gasteiger partial charge in [-0.05, 0) is 25.8 Å². The molecule has 0 spiro atoms. The first-order chi connectivity index (χ1) is 7.58. The number of hydrogen-bond donors (Lipinski definition) is 1. The Hall–Kier alpha value is -1.00. The van der Waals surface area contributed by atoms with E-state index in [9.17, 15) is 0 Å². The quantitative estimate of drug-likeness (QED) is 0.829. The van der Waals surface area contributed by atoms with Gasteiger partial charge in [0.15, 0.2) is 5.82 Å². The minimum atomic E-state index is -0.0461. The van der Waals surface area contributed by atoms with Crippen molar-refractivity contribution in [3.8, 4) is 0 Å². The zero-order valence-electron chi connectivity index (χ0n) is 10.5. The van der Waals surface area contributed by atoms with E-state index in [1.807, 2.05) is 19.9 Å². The summed E-state index contributed by atoms with van der Waals surface area (Å²) in [4.78, 5) is 8.86. The number of rotatable bonds is 5. The van der Waals surface area contributed by atoms with Crippen LogP contribution in [-0.2, 0) is 11.3 Å². The topological polar surface area (TPSA) is 61.0 Å². The molecule has 0 amide bonds. The van der Waals surface area contributed by atoms with Crippen LogP contribution in [0.3, 0.4) is 0 Å². The molecule has 1 rings (SSSR count). The van der Waals surface area contributed by atoms with Crippen LogP contribution in [0, 0.1) is 12.8 Å². The summed E-state index contributed by atoms with van der Waals surface area (Å²) in [6, 6.07) is 1.91. The molecule has 0 radical (unpaired) electrons. The molecule has 1 unspecified atom stereocenters. The van der Waals surface area contributed by atoms with Crippen molar-refractivity contribution < 1.29 is 4.74 Å². The highest BCUT2D eigenvalue weighted by molar-refractivity contribution is 5.11. The van der Waals surface area contributed by atoms with Gasteiger partial charge in [0.2, 0.25) is 0 Å². The summed E-state index contributed by atoms with van der Waals surface area (Å²) in [6.07, 6.45) is -0.0461. The van der Waals surface area contributed by atoms with Gasteiger partial charge in [-0.15, -0.1) is 0 Å². The fourth-order valence-electron chi connectivity index (χ4n) is 1.63. The van der Waals surface area contributed by atoms with E-state index in [0.29, 0.717) is 19.1 Å². The van der Waals surface area contributed by atoms with Crippen LogP contribution in [0.1, 0.15) is 44.1 Å². The molecule has 0 bridgehead atoms. The van der Waals surface area contributed by atoms with Crippen molar-refractivity contribution in [2.24, 2.45) is 11.7 Å². The van der Waals surface area contributed by atoms with E-state index >= 15 is 0 Å². The number of nitrogens with zero attached hydrogens (tertiary/aromatic N) is 2. The molecule has 0 fully saturated rings. The van der Waals surface area contributed by atoms with Crippen molar-refractivity contribution in [2.45, 2.75) is 40.3 Å². The van der Waals surface area contributed by atoms with Crippen LogP contribution in [0.5, 0.6) is 0 Å². The van der Waals surface area contributed by atoms with Crippen LogP contribution in [0.25, 0.3) is 0 Å². The van der Waals surface area contributed by atoms with E-state index in [0.717, 1.165) is 17.2 Å². The van der Waals surface area contributed by atoms with Crippen LogP contribution in [0.15, 0.2) is 6.07 Å². The summed E-state index contributed by atoms with van der Waals surface area (Å²) in [5, 5.41) is 0. The van der Waals surface area contributed by atoms with E-state index in [4.69, 9.17) is 10.5 Å². The minimum Gasteiger partial charge on any atom is -0.370 e. The SMILES string of the molecule is CCOC(c1nc(C)cc(CN)n1)C(C)C. The van der Waals surface area contributed by atoms with Crippen molar-refractivity contribution in [1.29, 1.82) is 0 Å². The normalized spacial score (nSPS) is 13.1. The third-order valence-electron chi connectivity index (χ3n) is 2.34. The zero-order valence-corrected chi connectivity index (χ0v) is 10.5. The maximum absolute atomic E-state index is 5.68. The highest BCUT2D eigenvalue weighted by Gasteiger charge is 2.19. The maximum atomic E-state index is 5.68. The van der Waals surface area contributed by atoms with Crippen LogP contribution in [0.2, 0.25) is 0 Å². The monoisotopic (exact) mass is 223 g/mol. The van der Waals surface area contributed by atoms with E-state index in [1.165, 1.54) is 0 Å². The first kappa shape index (κ1) is 13.1. The van der Waals surface area contributed by atoms with Crippen molar-refractivity contribution in [3.05, 3.63) is 23.3 Å². The van der Waals surface area contributed by atoms with Crippen molar-refractivity contribution in [1.82, 2.24) is 9.97 Å². The summed E-state index contributed by atoms with van der Waals surface area (Å²) >= 11 is 0. The molecule has 0 aromatic carbocycles. The van der Waals surface area contributed by atoms with E-state index in [2.05, 4.69) is 23.8 Å². The van der Waals surface area contributed by atoms with Crippen molar-refractivity contribution in [2.75, 3.05) is 6.61 Å². The molecule has 1 aromatic heterocycles. The molecule has 0 aliphatic heterocycles. The molecule has 2 N–H and O–H groups in total. The third kappa shape index (κ3) is 3.25. The first-order valence-electron chi connectivity index (χ1n) is 5.74. The van der Waals surface area contributed by atoms with Gasteiger partial charge in [0.1, 0.15) is 6.10 Å². The van der Waals surface area contributed by atoms with Crippen LogP contribution in [-0.4, -0.2) is 16.6 Å². The molecule has 4 heteroatoms. The van der Waals surface area contributed by atoms with Gasteiger partial charge in [-0.2, -0.15) is 0 Å². The number of ether oxygens (including phenoxy) is 1. The van der Waals surface area contributed by atoms with Crippen LogP contribution < -0.4 is 5.73 Å². The Morgan fingerprint density at radius 2 is 2.06 bits per heavy atom. The third-order valence-corrected chi connectivity index (χ3v) is 2.34. The van der Waals surface area contributed by atoms with Crippen LogP contribution in [0.4, 0.5) is 0 Å². The molecule has 0 aliphatic carbocycles. The Labute approximate surface area is 97.2 Å². The van der Waals surface area contributed by atoms with Gasteiger partial charge >= 0.3 is 0 Å². The second-order valence-corrected chi connectivity index (χ2v) is 4.18. The molecule has 0 saturated carbocycles. The molecule has 0 aliphatic rings. The zero-order chi connectivity index (χ0) is 12.1. The highest BCUT2D eigenvalue weighted by Crippen LogP contribution is 2.23. The summed E-state index contributed by atoms with van der Waals surface area (Å²) in [5.74, 6) is 1.10. The van der Waals surface area contributed by atoms with Gasteiger partial charge in [-0.25, -0.2) is 9.97 Å². The first-order valence-corrected chi connectivity index (χ1v) is 5.74. The molecular weight excluding hydrogens is 202 g/mol. The number of aromatic nitrogens is 2. The average Bonchev–Trinajstić information content (AvgIpc) is 2.24. The molecule has 1 atom stereocenters. The van der Waals surface area contributed by atoms with E-state index in [-0.39, 0.29) is 6.10 Å². The van der Waals surface area contributed by atoms with Gasteiger partial charge in [0.05, 0.1) is 5.69 Å². The van der Waals surface area contributed by atoms with Gasteiger partial charge in [-0.3, -0.25) is 0 Å². The lowest BCUT2D eigenvalue weighted by Crippen LogP contribution is -2.16. The average molecular weight is 223 g/mol. The van der Waals surface area contributed by atoms with Crippen LogP contribution >= 0.6 is 0 Å². The summed E-state index contributed by atoms with van der Waals surface area (Å²) < 4.78 is 5.68. The minimum absolute atomic E-state index is 0.0461. The molecule has 4 nitrogen and oxygen atoms in total. The molecule has 0 saturated heterocycles. The molecular formula is C12H21N3O. The number of hydrogen-bond acceptors (Lipinski definition) is 4. The molecule has 16 heavy (non-hydrogen) atoms. The fourth-order valence-corrected chi connectivity index (χ4v) is 1.63. The predicted octanol–water partition coefficient (Wildman–Crippen LogP) is 1.98. The Bertz CT molecular complexity index is 339. The van der Waals surface area contributed by atoms with Crippen molar-refractivity contribution in [3.63, 3.8) is 0 Å². The summed E-state index contributed by atoms with van der Waals surface area (Å²) in [7, 11) is 0. The van der Waals surface area contributed by atoms with E-state index in [1.54, 1.807) is 0 Å². The Kier molecular flexibility index (Phi) is 4.83. The second-order valence-electron chi connectivity index (χ2n) is 4.18. The maximum Gasteiger partial charge on any atom is 0.157 e. The number of nitrogens with two attached hydrogens (primary N) is 1. The lowest BCUT2D eigenvalue weighted by atomic mass is 10.1. The smallest absolute Gasteiger partial charge is 0.157 e. The van der Waals surface area contributed by atoms with E-state index < -0.39 is 0 Å². The molecule has 90 valence electrons. The highest BCUT2D eigenvalue weighted by atomic mass is 16.5. The molecule has 1 aromatic rings. The summed E-state index contributed by atoms with van der Waals surface area (Å²) in [6.45, 7) is 9.25. The molecule has 1 heterocycles. The number of aryl methyl sites for hydroxylation is 1. The lowest BCUT2D eigenvalue weighted by Gasteiger charge is -2.20. The second kappa shape index (κ2) is 5.92. The standard InChI is InChI=1S/C12H21N3O/c1-5-16-11(8(2)3)12-14-9(4)6-10(7-13)15-12/h6,8,11H,5,7,13H2,1-4H3. The van der Waals surface area contributed by atoms with Gasteiger partial charge in [0, 0.05) is 18.8 Å². The van der Waals surface area contributed by atoms with Gasteiger partial charge in [0.25, 0.3) is 0 Å². The predicted molar refractivity (Wildman–Crippen MR) is 63.9 cm³/mol. The summed E-state index contributed by atoms with van der Waals surface area (Å²) in [5.41, 5.74) is 7.42. The van der Waals surface area contributed by atoms with Crippen molar-refractivity contribution >= 4 is 0 Å².